The molecule has 1 aliphatic rings. The van der Waals surface area contributed by atoms with E-state index in [2.05, 4.69) is 19.2 Å². The van der Waals surface area contributed by atoms with Gasteiger partial charge in [-0.2, -0.15) is 0 Å². The van der Waals surface area contributed by atoms with Crippen molar-refractivity contribution in [2.75, 3.05) is 13.2 Å². The minimum absolute atomic E-state index is 0.135. The van der Waals surface area contributed by atoms with Gasteiger partial charge < -0.3 is 40.3 Å². The topological polar surface area (TPSA) is 149 Å². The SMILES string of the molecule is CCCCCCCCCCCC(O)C(COC1OC(CO)C(O)C(O)C1O)NC(=O)CCCCCCCCC. The zero-order valence-electron chi connectivity index (χ0n) is 24.6. The lowest BCUT2D eigenvalue weighted by molar-refractivity contribution is -0.302. The lowest BCUT2D eigenvalue weighted by atomic mass is 9.99. The Kier molecular flexibility index (Phi) is 21.2. The van der Waals surface area contributed by atoms with E-state index in [1.807, 2.05) is 0 Å². The van der Waals surface area contributed by atoms with Gasteiger partial charge in [0.05, 0.1) is 25.4 Å². The largest absolute Gasteiger partial charge is 0.394 e. The first kappa shape index (κ1) is 36.2. The molecule has 1 amide bonds. The highest BCUT2D eigenvalue weighted by atomic mass is 16.7. The van der Waals surface area contributed by atoms with Gasteiger partial charge in [-0.25, -0.2) is 0 Å². The number of ether oxygens (including phenoxy) is 2. The molecule has 232 valence electrons. The molecule has 1 rings (SSSR count). The van der Waals surface area contributed by atoms with Crippen molar-refractivity contribution >= 4 is 5.91 Å². The molecule has 0 aromatic rings. The van der Waals surface area contributed by atoms with Crippen LogP contribution in [-0.2, 0) is 14.3 Å². The predicted molar refractivity (Wildman–Crippen MR) is 152 cm³/mol. The van der Waals surface area contributed by atoms with E-state index in [4.69, 9.17) is 9.47 Å². The van der Waals surface area contributed by atoms with Gasteiger partial charge in [-0.15, -0.1) is 0 Å². The average molecular weight is 562 g/mol. The van der Waals surface area contributed by atoms with Crippen LogP contribution in [0, 0.1) is 0 Å². The number of carbonyl (C=O) groups excluding carboxylic acids is 1. The van der Waals surface area contributed by atoms with Crippen molar-refractivity contribution in [3.63, 3.8) is 0 Å². The van der Waals surface area contributed by atoms with Gasteiger partial charge in [-0.3, -0.25) is 4.79 Å². The average Bonchev–Trinajstić information content (AvgIpc) is 2.93. The molecule has 1 aliphatic heterocycles. The van der Waals surface area contributed by atoms with Gasteiger partial charge in [0.15, 0.2) is 6.29 Å². The van der Waals surface area contributed by atoms with Crippen LogP contribution in [0.15, 0.2) is 0 Å². The molecule has 0 aliphatic carbocycles. The molecule has 1 heterocycles. The Hall–Kier alpha value is -0.810. The van der Waals surface area contributed by atoms with Crippen LogP contribution < -0.4 is 5.32 Å². The maximum atomic E-state index is 12.7. The summed E-state index contributed by atoms with van der Waals surface area (Å²) in [6, 6.07) is -0.705. The summed E-state index contributed by atoms with van der Waals surface area (Å²) >= 11 is 0. The molecular weight excluding hydrogens is 502 g/mol. The molecule has 0 bridgehead atoms. The van der Waals surface area contributed by atoms with Crippen LogP contribution in [0.3, 0.4) is 0 Å². The summed E-state index contributed by atoms with van der Waals surface area (Å²) in [6.45, 7) is 3.71. The van der Waals surface area contributed by atoms with Crippen LogP contribution in [0.25, 0.3) is 0 Å². The Morgan fingerprint density at radius 1 is 0.769 bits per heavy atom. The second kappa shape index (κ2) is 22.8. The quantitative estimate of drug-likeness (QED) is 0.0977. The summed E-state index contributed by atoms with van der Waals surface area (Å²) in [5.74, 6) is -0.155. The normalized spacial score (nSPS) is 24.9. The molecule has 0 spiro atoms. The van der Waals surface area contributed by atoms with Crippen LogP contribution >= 0.6 is 0 Å². The van der Waals surface area contributed by atoms with Gasteiger partial charge in [0, 0.05) is 6.42 Å². The molecule has 7 atom stereocenters. The first-order valence-corrected chi connectivity index (χ1v) is 15.7. The number of carbonyl (C=O) groups is 1. The van der Waals surface area contributed by atoms with Crippen molar-refractivity contribution in [3.8, 4) is 0 Å². The highest BCUT2D eigenvalue weighted by Crippen LogP contribution is 2.22. The summed E-state index contributed by atoms with van der Waals surface area (Å²) in [5.41, 5.74) is 0. The second-order valence-corrected chi connectivity index (χ2v) is 11.3. The lowest BCUT2D eigenvalue weighted by Gasteiger charge is -2.40. The molecule has 7 unspecified atom stereocenters. The predicted octanol–water partition coefficient (Wildman–Crippen LogP) is 3.71. The molecule has 9 heteroatoms. The van der Waals surface area contributed by atoms with E-state index in [-0.39, 0.29) is 12.5 Å². The number of hydrogen-bond donors (Lipinski definition) is 6. The smallest absolute Gasteiger partial charge is 0.220 e. The first-order chi connectivity index (χ1) is 18.8. The fraction of sp³-hybridized carbons (Fsp3) is 0.967. The number of aliphatic hydroxyl groups is 5. The van der Waals surface area contributed by atoms with Crippen molar-refractivity contribution in [2.45, 2.75) is 172 Å². The van der Waals surface area contributed by atoms with Gasteiger partial charge in [0.25, 0.3) is 0 Å². The number of nitrogens with one attached hydrogen (secondary N) is 1. The van der Waals surface area contributed by atoms with Crippen molar-refractivity contribution < 1.29 is 39.8 Å². The molecular formula is C30H59NO8. The number of amides is 1. The van der Waals surface area contributed by atoms with E-state index in [0.717, 1.165) is 38.5 Å². The Balaban J connectivity index is 2.53. The van der Waals surface area contributed by atoms with Gasteiger partial charge >= 0.3 is 0 Å². The summed E-state index contributed by atoms with van der Waals surface area (Å²) in [5, 5.41) is 53.5. The Morgan fingerprint density at radius 2 is 1.28 bits per heavy atom. The van der Waals surface area contributed by atoms with Gasteiger partial charge in [0.2, 0.25) is 5.91 Å². The van der Waals surface area contributed by atoms with Crippen LogP contribution in [0.1, 0.15) is 129 Å². The van der Waals surface area contributed by atoms with E-state index < -0.39 is 49.5 Å². The van der Waals surface area contributed by atoms with Gasteiger partial charge in [-0.05, 0) is 12.8 Å². The van der Waals surface area contributed by atoms with Gasteiger partial charge in [0.1, 0.15) is 24.4 Å². The number of aliphatic hydroxyl groups excluding tert-OH is 5. The standard InChI is InChI=1S/C30H59NO8/c1-3-5-7-9-11-12-14-15-17-19-24(33)23(31-26(34)20-18-16-13-10-8-6-4-2)22-38-30-29(37)28(36)27(35)25(21-32)39-30/h23-25,27-30,32-33,35-37H,3-22H2,1-2H3,(H,31,34). The van der Waals surface area contributed by atoms with Gasteiger partial charge in [-0.1, -0.05) is 110 Å². The minimum atomic E-state index is -1.54. The molecule has 0 aromatic heterocycles. The third-order valence-corrected chi connectivity index (χ3v) is 7.71. The third kappa shape index (κ3) is 15.7. The zero-order chi connectivity index (χ0) is 28.9. The van der Waals surface area contributed by atoms with E-state index in [0.29, 0.717) is 12.8 Å². The third-order valence-electron chi connectivity index (χ3n) is 7.71. The fourth-order valence-corrected chi connectivity index (χ4v) is 5.04. The number of rotatable bonds is 24. The number of unbranched alkanes of at least 4 members (excludes halogenated alkanes) is 14. The summed E-state index contributed by atoms with van der Waals surface area (Å²) in [4.78, 5) is 12.7. The Bertz CT molecular complexity index is 593. The molecule has 39 heavy (non-hydrogen) atoms. The molecule has 9 nitrogen and oxygen atoms in total. The molecule has 1 saturated heterocycles. The molecule has 0 saturated carbocycles. The highest BCUT2D eigenvalue weighted by Gasteiger charge is 2.44. The van der Waals surface area contributed by atoms with Crippen molar-refractivity contribution in [2.24, 2.45) is 0 Å². The van der Waals surface area contributed by atoms with E-state index in [1.54, 1.807) is 0 Å². The molecule has 0 radical (unpaired) electrons. The second-order valence-electron chi connectivity index (χ2n) is 11.3. The lowest BCUT2D eigenvalue weighted by Crippen LogP contribution is -2.60. The van der Waals surface area contributed by atoms with E-state index in [9.17, 15) is 30.3 Å². The van der Waals surface area contributed by atoms with Crippen molar-refractivity contribution in [3.05, 3.63) is 0 Å². The van der Waals surface area contributed by atoms with E-state index in [1.165, 1.54) is 64.2 Å². The monoisotopic (exact) mass is 561 g/mol. The van der Waals surface area contributed by atoms with Crippen LogP contribution in [0.4, 0.5) is 0 Å². The molecule has 0 aromatic carbocycles. The summed E-state index contributed by atoms with van der Waals surface area (Å²) in [7, 11) is 0. The fourth-order valence-electron chi connectivity index (χ4n) is 5.04. The van der Waals surface area contributed by atoms with Crippen LogP contribution in [-0.4, -0.2) is 87.5 Å². The summed E-state index contributed by atoms with van der Waals surface area (Å²) < 4.78 is 11.1. The van der Waals surface area contributed by atoms with E-state index >= 15 is 0 Å². The van der Waals surface area contributed by atoms with Crippen LogP contribution in [0.2, 0.25) is 0 Å². The zero-order valence-corrected chi connectivity index (χ0v) is 24.6. The molecule has 6 N–H and O–H groups in total. The van der Waals surface area contributed by atoms with Crippen molar-refractivity contribution in [1.82, 2.24) is 5.32 Å². The highest BCUT2D eigenvalue weighted by molar-refractivity contribution is 5.76. The maximum Gasteiger partial charge on any atom is 0.220 e. The number of hydrogen-bond acceptors (Lipinski definition) is 8. The Morgan fingerprint density at radius 3 is 1.82 bits per heavy atom. The summed E-state index contributed by atoms with van der Waals surface area (Å²) in [6.07, 6.45) is 11.4. The minimum Gasteiger partial charge on any atom is -0.394 e. The Labute approximate surface area is 236 Å². The van der Waals surface area contributed by atoms with Crippen LogP contribution in [0.5, 0.6) is 0 Å². The van der Waals surface area contributed by atoms with Crippen molar-refractivity contribution in [1.29, 1.82) is 0 Å². The maximum absolute atomic E-state index is 12.7. The first-order valence-electron chi connectivity index (χ1n) is 15.7. The molecule has 1 fully saturated rings.